The fourth-order valence-corrected chi connectivity index (χ4v) is 5.40. The molecule has 2 aliphatic heterocycles. The van der Waals surface area contributed by atoms with Gasteiger partial charge in [-0.1, -0.05) is 0 Å². The Labute approximate surface area is 145 Å². The van der Waals surface area contributed by atoms with Crippen LogP contribution in [0.5, 0.6) is 5.75 Å². The summed E-state index contributed by atoms with van der Waals surface area (Å²) in [6.07, 6.45) is 1.38. The molecule has 2 saturated heterocycles. The molecule has 10 heteroatoms. The number of amides is 2. The average Bonchev–Trinajstić information content (AvgIpc) is 2.88. The maximum atomic E-state index is 12.8. The fourth-order valence-electron chi connectivity index (χ4n) is 3.42. The summed E-state index contributed by atoms with van der Waals surface area (Å²) in [6.45, 7) is 0.234. The van der Waals surface area contributed by atoms with Gasteiger partial charge in [-0.2, -0.15) is 0 Å². The number of nitrogens with zero attached hydrogens (tertiary/aromatic N) is 3. The van der Waals surface area contributed by atoms with E-state index in [2.05, 4.69) is 4.98 Å². The molecule has 136 valence electrons. The molecule has 3 heterocycles. The first-order chi connectivity index (χ1) is 11.8. The Hall–Kier alpha value is -2.20. The highest BCUT2D eigenvalue weighted by Gasteiger charge is 2.49. The third-order valence-electron chi connectivity index (χ3n) is 4.51. The lowest BCUT2D eigenvalue weighted by molar-refractivity contribution is -0.140. The predicted molar refractivity (Wildman–Crippen MR) is 86.8 cm³/mol. The summed E-state index contributed by atoms with van der Waals surface area (Å²) in [4.78, 5) is 31.7. The molecule has 2 fully saturated rings. The molecule has 0 unspecified atom stereocenters. The van der Waals surface area contributed by atoms with Gasteiger partial charge in [0.15, 0.2) is 15.5 Å². The van der Waals surface area contributed by atoms with Crippen molar-refractivity contribution in [3.05, 3.63) is 24.0 Å². The van der Waals surface area contributed by atoms with Crippen LogP contribution < -0.4 is 0 Å². The van der Waals surface area contributed by atoms with E-state index >= 15 is 0 Å². The Balaban J connectivity index is 1.90. The standard InChI is InChI=1S/C15H19N3O6S/c1-24-7-13(20)17-5-6-18(11-9-25(22,23)8-10(11)17)15(21)14-12(19)3-2-4-16-14/h2-4,10-11,19H,5-9H2,1H3/t10-,11+/m1/s1. The van der Waals surface area contributed by atoms with Gasteiger partial charge in [0.2, 0.25) is 5.91 Å². The molecule has 0 bridgehead atoms. The van der Waals surface area contributed by atoms with Crippen LogP contribution in [0.3, 0.4) is 0 Å². The normalized spacial score (nSPS) is 24.8. The molecular weight excluding hydrogens is 350 g/mol. The Kier molecular flexibility index (Phi) is 4.65. The zero-order chi connectivity index (χ0) is 18.2. The highest BCUT2D eigenvalue weighted by molar-refractivity contribution is 7.91. The zero-order valence-electron chi connectivity index (χ0n) is 13.7. The molecule has 2 atom stereocenters. The topological polar surface area (TPSA) is 117 Å². The Morgan fingerprint density at radius 2 is 1.92 bits per heavy atom. The highest BCUT2D eigenvalue weighted by Crippen LogP contribution is 2.29. The van der Waals surface area contributed by atoms with Crippen LogP contribution in [0.4, 0.5) is 0 Å². The third-order valence-corrected chi connectivity index (χ3v) is 6.21. The first kappa shape index (κ1) is 17.6. The number of pyridine rings is 1. The van der Waals surface area contributed by atoms with E-state index in [4.69, 9.17) is 4.74 Å². The number of carbonyl (C=O) groups excluding carboxylic acids is 2. The van der Waals surface area contributed by atoms with Crippen molar-refractivity contribution in [1.82, 2.24) is 14.8 Å². The third kappa shape index (κ3) is 3.31. The van der Waals surface area contributed by atoms with Crippen LogP contribution in [-0.2, 0) is 19.4 Å². The molecule has 1 aromatic rings. The van der Waals surface area contributed by atoms with Crippen molar-refractivity contribution in [3.8, 4) is 5.75 Å². The van der Waals surface area contributed by atoms with Crippen LogP contribution in [0.25, 0.3) is 0 Å². The Morgan fingerprint density at radius 3 is 2.56 bits per heavy atom. The number of carbonyl (C=O) groups is 2. The number of hydrogen-bond acceptors (Lipinski definition) is 7. The second-order valence-electron chi connectivity index (χ2n) is 6.10. The van der Waals surface area contributed by atoms with E-state index in [1.807, 2.05) is 0 Å². The number of rotatable bonds is 3. The van der Waals surface area contributed by atoms with Crippen molar-refractivity contribution in [3.63, 3.8) is 0 Å². The summed E-state index contributed by atoms with van der Waals surface area (Å²) in [7, 11) is -1.99. The molecule has 0 radical (unpaired) electrons. The number of fused-ring (bicyclic) bond motifs is 1. The number of ether oxygens (including phenoxy) is 1. The minimum atomic E-state index is -3.38. The number of hydrogen-bond donors (Lipinski definition) is 1. The smallest absolute Gasteiger partial charge is 0.276 e. The van der Waals surface area contributed by atoms with E-state index in [0.29, 0.717) is 0 Å². The molecule has 3 rings (SSSR count). The van der Waals surface area contributed by atoms with Crippen molar-refractivity contribution in [2.75, 3.05) is 38.3 Å². The Bertz CT molecular complexity index is 796. The van der Waals surface area contributed by atoms with Crippen molar-refractivity contribution >= 4 is 21.7 Å². The van der Waals surface area contributed by atoms with E-state index in [0.717, 1.165) is 0 Å². The van der Waals surface area contributed by atoms with Crippen molar-refractivity contribution in [1.29, 1.82) is 0 Å². The monoisotopic (exact) mass is 369 g/mol. The lowest BCUT2D eigenvalue weighted by Gasteiger charge is -2.43. The minimum absolute atomic E-state index is 0.123. The summed E-state index contributed by atoms with van der Waals surface area (Å²) in [5.41, 5.74) is -0.123. The fraction of sp³-hybridized carbons (Fsp3) is 0.533. The molecule has 0 spiro atoms. The molecule has 1 N–H and O–H groups in total. The maximum Gasteiger partial charge on any atom is 0.276 e. The second-order valence-corrected chi connectivity index (χ2v) is 8.26. The quantitative estimate of drug-likeness (QED) is 0.717. The molecule has 25 heavy (non-hydrogen) atoms. The maximum absolute atomic E-state index is 12.8. The first-order valence-electron chi connectivity index (χ1n) is 7.78. The van der Waals surface area contributed by atoms with Crippen molar-refractivity contribution in [2.45, 2.75) is 12.1 Å². The van der Waals surface area contributed by atoms with Gasteiger partial charge in [0.1, 0.15) is 12.4 Å². The number of methoxy groups -OCH3 is 1. The number of aromatic nitrogens is 1. The molecule has 1 aromatic heterocycles. The van der Waals surface area contributed by atoms with Crippen LogP contribution in [0.15, 0.2) is 18.3 Å². The lowest BCUT2D eigenvalue weighted by Crippen LogP contribution is -2.62. The molecule has 2 aliphatic rings. The predicted octanol–water partition coefficient (Wildman–Crippen LogP) is -1.12. The molecule has 0 saturated carbocycles. The van der Waals surface area contributed by atoms with E-state index in [1.165, 1.54) is 35.2 Å². The number of aromatic hydroxyl groups is 1. The second kappa shape index (κ2) is 6.60. The van der Waals surface area contributed by atoms with Gasteiger partial charge in [0, 0.05) is 26.4 Å². The molecule has 9 nitrogen and oxygen atoms in total. The van der Waals surface area contributed by atoms with Crippen LogP contribution >= 0.6 is 0 Å². The summed E-state index contributed by atoms with van der Waals surface area (Å²) >= 11 is 0. The summed E-state index contributed by atoms with van der Waals surface area (Å²) in [5.74, 6) is -1.51. The summed E-state index contributed by atoms with van der Waals surface area (Å²) < 4.78 is 29.1. The van der Waals surface area contributed by atoms with Gasteiger partial charge >= 0.3 is 0 Å². The largest absolute Gasteiger partial charge is 0.505 e. The van der Waals surface area contributed by atoms with Crippen LogP contribution in [-0.4, -0.2) is 90.5 Å². The van der Waals surface area contributed by atoms with Crippen LogP contribution in [0, 0.1) is 0 Å². The lowest BCUT2D eigenvalue weighted by atomic mass is 10.0. The van der Waals surface area contributed by atoms with Gasteiger partial charge in [0.05, 0.1) is 23.6 Å². The minimum Gasteiger partial charge on any atom is -0.505 e. The summed E-state index contributed by atoms with van der Waals surface area (Å²) in [6, 6.07) is 1.57. The van der Waals surface area contributed by atoms with Gasteiger partial charge < -0.3 is 19.6 Å². The number of piperazine rings is 1. The summed E-state index contributed by atoms with van der Waals surface area (Å²) in [5, 5.41) is 9.86. The van der Waals surface area contributed by atoms with Crippen LogP contribution in [0.2, 0.25) is 0 Å². The number of sulfone groups is 1. The van der Waals surface area contributed by atoms with E-state index < -0.39 is 27.8 Å². The van der Waals surface area contributed by atoms with E-state index in [-0.39, 0.29) is 48.6 Å². The Morgan fingerprint density at radius 1 is 1.28 bits per heavy atom. The molecular formula is C15H19N3O6S. The van der Waals surface area contributed by atoms with E-state index in [1.54, 1.807) is 0 Å². The average molecular weight is 369 g/mol. The van der Waals surface area contributed by atoms with E-state index in [9.17, 15) is 23.1 Å². The van der Waals surface area contributed by atoms with Gasteiger partial charge in [-0.05, 0) is 12.1 Å². The zero-order valence-corrected chi connectivity index (χ0v) is 14.5. The van der Waals surface area contributed by atoms with Crippen molar-refractivity contribution in [2.24, 2.45) is 0 Å². The molecule has 0 aliphatic carbocycles. The van der Waals surface area contributed by atoms with Gasteiger partial charge in [-0.15, -0.1) is 0 Å². The van der Waals surface area contributed by atoms with Crippen molar-refractivity contribution < 1.29 is 27.9 Å². The SMILES string of the molecule is COCC(=O)N1CCN(C(=O)c2ncccc2O)[C@H]2CS(=O)(=O)C[C@H]21. The highest BCUT2D eigenvalue weighted by atomic mass is 32.2. The van der Waals surface area contributed by atoms with Gasteiger partial charge in [0.25, 0.3) is 5.91 Å². The molecule has 0 aromatic carbocycles. The molecule has 2 amide bonds. The van der Waals surface area contributed by atoms with Gasteiger partial charge in [-0.25, -0.2) is 13.4 Å². The van der Waals surface area contributed by atoms with Crippen LogP contribution in [0.1, 0.15) is 10.5 Å². The first-order valence-corrected chi connectivity index (χ1v) is 9.60. The van der Waals surface area contributed by atoms with Gasteiger partial charge in [-0.3, -0.25) is 9.59 Å².